The number of aryl methyl sites for hydroxylation is 1. The van der Waals surface area contributed by atoms with E-state index in [9.17, 15) is 4.79 Å². The zero-order chi connectivity index (χ0) is 16.9. The van der Waals surface area contributed by atoms with Crippen LogP contribution in [0.15, 0.2) is 24.3 Å². The number of carbonyl (C=O) groups excluding carboxylic acids is 1. The quantitative estimate of drug-likeness (QED) is 0.791. The molecule has 1 amide bonds. The molecule has 0 aliphatic carbocycles. The Morgan fingerprint density at radius 2 is 1.92 bits per heavy atom. The molecule has 2 aliphatic rings. The van der Waals surface area contributed by atoms with Crippen LogP contribution in [0, 0.1) is 5.92 Å². The van der Waals surface area contributed by atoms with Crippen LogP contribution in [-0.2, 0) is 16.0 Å². The summed E-state index contributed by atoms with van der Waals surface area (Å²) in [6.45, 7) is 6.35. The number of para-hydroxylation sites is 1. The van der Waals surface area contributed by atoms with Crippen LogP contribution in [0.4, 0.5) is 5.69 Å². The molecule has 5 nitrogen and oxygen atoms in total. The highest BCUT2D eigenvalue weighted by Gasteiger charge is 2.30. The number of hydrogen-bond acceptors (Lipinski definition) is 4. The van der Waals surface area contributed by atoms with Crippen molar-refractivity contribution in [3.8, 4) is 0 Å². The van der Waals surface area contributed by atoms with Crippen molar-refractivity contribution in [1.82, 2.24) is 9.80 Å². The summed E-state index contributed by atoms with van der Waals surface area (Å²) in [6, 6.07) is 8.48. The highest BCUT2D eigenvalue weighted by atomic mass is 16.5. The number of likely N-dealkylation sites (tertiary alicyclic amines) is 1. The number of anilines is 1. The SMILES string of the molecule is CN(C)CC1CN(C(=O)CCc2ccccc2N2CCOCC2)C1. The van der Waals surface area contributed by atoms with Crippen LogP contribution in [0.1, 0.15) is 12.0 Å². The monoisotopic (exact) mass is 331 g/mol. The lowest BCUT2D eigenvalue weighted by atomic mass is 9.98. The minimum absolute atomic E-state index is 0.293. The number of amides is 1. The molecule has 0 spiro atoms. The Balaban J connectivity index is 1.51. The third-order valence-electron chi connectivity index (χ3n) is 4.88. The number of rotatable bonds is 6. The molecule has 132 valence electrons. The van der Waals surface area contributed by atoms with Gasteiger partial charge in [-0.05, 0) is 32.1 Å². The van der Waals surface area contributed by atoms with Gasteiger partial charge in [-0.3, -0.25) is 4.79 Å². The van der Waals surface area contributed by atoms with Crippen LogP contribution in [0.2, 0.25) is 0 Å². The fourth-order valence-corrected chi connectivity index (χ4v) is 3.64. The molecule has 0 bridgehead atoms. The van der Waals surface area contributed by atoms with Crippen molar-refractivity contribution in [3.05, 3.63) is 29.8 Å². The van der Waals surface area contributed by atoms with Gasteiger partial charge in [-0.2, -0.15) is 0 Å². The largest absolute Gasteiger partial charge is 0.378 e. The summed E-state index contributed by atoms with van der Waals surface area (Å²) in [5.41, 5.74) is 2.54. The van der Waals surface area contributed by atoms with Gasteiger partial charge in [0.2, 0.25) is 5.91 Å². The predicted octanol–water partition coefficient (Wildman–Crippen LogP) is 1.48. The van der Waals surface area contributed by atoms with Crippen LogP contribution >= 0.6 is 0 Å². The lowest BCUT2D eigenvalue weighted by molar-refractivity contribution is -0.137. The van der Waals surface area contributed by atoms with E-state index in [2.05, 4.69) is 48.2 Å². The third-order valence-corrected chi connectivity index (χ3v) is 4.88. The van der Waals surface area contributed by atoms with E-state index in [0.29, 0.717) is 18.2 Å². The average molecular weight is 331 g/mol. The summed E-state index contributed by atoms with van der Waals surface area (Å²) >= 11 is 0. The van der Waals surface area contributed by atoms with Gasteiger partial charge in [-0.25, -0.2) is 0 Å². The van der Waals surface area contributed by atoms with E-state index < -0.39 is 0 Å². The molecule has 0 radical (unpaired) electrons. The second-order valence-corrected chi connectivity index (χ2v) is 7.16. The highest BCUT2D eigenvalue weighted by molar-refractivity contribution is 5.77. The van der Waals surface area contributed by atoms with Gasteiger partial charge in [0.25, 0.3) is 0 Å². The minimum atomic E-state index is 0.293. The Kier molecular flexibility index (Phi) is 5.74. The maximum atomic E-state index is 12.4. The van der Waals surface area contributed by atoms with Crippen LogP contribution in [-0.4, -0.2) is 75.7 Å². The number of hydrogen-bond donors (Lipinski definition) is 0. The zero-order valence-electron chi connectivity index (χ0n) is 14.9. The van der Waals surface area contributed by atoms with Gasteiger partial charge in [0, 0.05) is 50.7 Å². The first-order chi connectivity index (χ1) is 11.6. The molecule has 0 unspecified atom stereocenters. The molecule has 5 heteroatoms. The van der Waals surface area contributed by atoms with Crippen molar-refractivity contribution in [2.75, 3.05) is 64.9 Å². The van der Waals surface area contributed by atoms with E-state index in [4.69, 9.17) is 4.74 Å². The number of benzene rings is 1. The van der Waals surface area contributed by atoms with Crippen LogP contribution < -0.4 is 4.90 Å². The molecule has 24 heavy (non-hydrogen) atoms. The minimum Gasteiger partial charge on any atom is -0.378 e. The second-order valence-electron chi connectivity index (χ2n) is 7.16. The fourth-order valence-electron chi connectivity index (χ4n) is 3.64. The lowest BCUT2D eigenvalue weighted by Crippen LogP contribution is -2.53. The maximum Gasteiger partial charge on any atom is 0.222 e. The molecular weight excluding hydrogens is 302 g/mol. The molecule has 2 heterocycles. The van der Waals surface area contributed by atoms with Crippen molar-refractivity contribution in [1.29, 1.82) is 0 Å². The zero-order valence-corrected chi connectivity index (χ0v) is 14.9. The third kappa shape index (κ3) is 4.28. The standard InChI is InChI=1S/C19H29N3O2/c1-20(2)13-16-14-22(15-16)19(23)8-7-17-5-3-4-6-18(17)21-9-11-24-12-10-21/h3-6,16H,7-15H2,1-2H3. The van der Waals surface area contributed by atoms with Crippen LogP contribution in [0.3, 0.4) is 0 Å². The van der Waals surface area contributed by atoms with E-state index >= 15 is 0 Å². The molecule has 2 saturated heterocycles. The maximum absolute atomic E-state index is 12.4. The highest BCUT2D eigenvalue weighted by Crippen LogP contribution is 2.24. The van der Waals surface area contributed by atoms with Crippen molar-refractivity contribution < 1.29 is 9.53 Å². The van der Waals surface area contributed by atoms with Crippen molar-refractivity contribution >= 4 is 11.6 Å². The average Bonchev–Trinajstić information content (AvgIpc) is 2.56. The topological polar surface area (TPSA) is 36.0 Å². The first kappa shape index (κ1) is 17.2. The van der Waals surface area contributed by atoms with E-state index in [1.807, 2.05) is 4.90 Å². The molecular formula is C19H29N3O2. The predicted molar refractivity (Wildman–Crippen MR) is 96.4 cm³/mol. The summed E-state index contributed by atoms with van der Waals surface area (Å²) in [5.74, 6) is 0.936. The van der Waals surface area contributed by atoms with Gasteiger partial charge in [0.05, 0.1) is 13.2 Å². The second kappa shape index (κ2) is 7.99. The number of nitrogens with zero attached hydrogens (tertiary/aromatic N) is 3. The number of morpholine rings is 1. The molecule has 2 fully saturated rings. The van der Waals surface area contributed by atoms with Crippen molar-refractivity contribution in [2.24, 2.45) is 5.92 Å². The fraction of sp³-hybridized carbons (Fsp3) is 0.632. The first-order valence-corrected chi connectivity index (χ1v) is 8.96. The first-order valence-electron chi connectivity index (χ1n) is 8.96. The van der Waals surface area contributed by atoms with Gasteiger partial charge in [-0.15, -0.1) is 0 Å². The summed E-state index contributed by atoms with van der Waals surface area (Å²) < 4.78 is 5.44. The van der Waals surface area contributed by atoms with Gasteiger partial charge in [-0.1, -0.05) is 18.2 Å². The van der Waals surface area contributed by atoms with Gasteiger partial charge in [0.1, 0.15) is 0 Å². The van der Waals surface area contributed by atoms with Crippen molar-refractivity contribution in [2.45, 2.75) is 12.8 Å². The summed E-state index contributed by atoms with van der Waals surface area (Å²) in [4.78, 5) is 19.0. The van der Waals surface area contributed by atoms with Crippen molar-refractivity contribution in [3.63, 3.8) is 0 Å². The molecule has 0 atom stereocenters. The Bertz CT molecular complexity index is 549. The number of carbonyl (C=O) groups is 1. The molecule has 1 aromatic rings. The molecule has 0 N–H and O–H groups in total. The smallest absolute Gasteiger partial charge is 0.222 e. The summed E-state index contributed by atoms with van der Waals surface area (Å²) in [7, 11) is 4.18. The van der Waals surface area contributed by atoms with E-state index in [0.717, 1.165) is 52.4 Å². The van der Waals surface area contributed by atoms with E-state index in [1.54, 1.807) is 0 Å². The van der Waals surface area contributed by atoms with E-state index in [-0.39, 0.29) is 0 Å². The summed E-state index contributed by atoms with van der Waals surface area (Å²) in [6.07, 6.45) is 1.43. The molecule has 3 rings (SSSR count). The van der Waals surface area contributed by atoms with Gasteiger partial charge < -0.3 is 19.4 Å². The van der Waals surface area contributed by atoms with Crippen LogP contribution in [0.5, 0.6) is 0 Å². The summed E-state index contributed by atoms with van der Waals surface area (Å²) in [5, 5.41) is 0. The lowest BCUT2D eigenvalue weighted by Gasteiger charge is -2.40. The Morgan fingerprint density at radius 3 is 2.62 bits per heavy atom. The Hall–Kier alpha value is -1.59. The number of ether oxygens (including phenoxy) is 1. The van der Waals surface area contributed by atoms with E-state index in [1.165, 1.54) is 11.3 Å². The Morgan fingerprint density at radius 1 is 1.21 bits per heavy atom. The molecule has 1 aromatic carbocycles. The molecule has 2 aliphatic heterocycles. The van der Waals surface area contributed by atoms with Gasteiger partial charge >= 0.3 is 0 Å². The Labute approximate surface area is 145 Å². The normalized spacial score (nSPS) is 18.8. The van der Waals surface area contributed by atoms with Gasteiger partial charge in [0.15, 0.2) is 0 Å². The molecule has 0 aromatic heterocycles. The molecule has 0 saturated carbocycles. The van der Waals surface area contributed by atoms with Crippen LogP contribution in [0.25, 0.3) is 0 Å².